The van der Waals surface area contributed by atoms with Gasteiger partial charge in [-0.3, -0.25) is 14.9 Å². The number of hydrogen-bond donors (Lipinski definition) is 1. The third-order valence-corrected chi connectivity index (χ3v) is 8.02. The van der Waals surface area contributed by atoms with Gasteiger partial charge in [0.05, 0.1) is 15.9 Å². The maximum absolute atomic E-state index is 13.2. The van der Waals surface area contributed by atoms with Crippen molar-refractivity contribution in [1.29, 1.82) is 0 Å². The van der Waals surface area contributed by atoms with E-state index in [-0.39, 0.29) is 29.1 Å². The number of nitrogens with zero attached hydrogens (tertiary/aromatic N) is 2. The van der Waals surface area contributed by atoms with Crippen LogP contribution in [-0.2, 0) is 21.2 Å². The minimum Gasteiger partial charge on any atom is -0.348 e. The van der Waals surface area contributed by atoms with Crippen LogP contribution in [0.3, 0.4) is 0 Å². The number of benzene rings is 2. The molecule has 0 spiro atoms. The van der Waals surface area contributed by atoms with Gasteiger partial charge in [-0.1, -0.05) is 30.7 Å². The highest BCUT2D eigenvalue weighted by molar-refractivity contribution is 7.89. The van der Waals surface area contributed by atoms with Gasteiger partial charge >= 0.3 is 0 Å². The van der Waals surface area contributed by atoms with E-state index in [0.29, 0.717) is 12.8 Å². The monoisotopic (exact) mass is 443 g/mol. The molecule has 2 aromatic carbocycles. The minimum absolute atomic E-state index is 0.0409. The Morgan fingerprint density at radius 2 is 1.77 bits per heavy atom. The Morgan fingerprint density at radius 3 is 2.52 bits per heavy atom. The predicted molar refractivity (Wildman–Crippen MR) is 115 cm³/mol. The maximum atomic E-state index is 13.2. The van der Waals surface area contributed by atoms with Crippen LogP contribution in [0, 0.1) is 10.1 Å². The molecular weight excluding hydrogens is 418 g/mol. The Balaban J connectivity index is 1.56. The quantitative estimate of drug-likeness (QED) is 0.563. The molecule has 2 aliphatic rings. The fraction of sp³-hybridized carbons (Fsp3) is 0.409. The van der Waals surface area contributed by atoms with Gasteiger partial charge < -0.3 is 5.32 Å². The molecule has 1 N–H and O–H groups in total. The van der Waals surface area contributed by atoms with Crippen LogP contribution >= 0.6 is 0 Å². The highest BCUT2D eigenvalue weighted by atomic mass is 32.2. The largest absolute Gasteiger partial charge is 0.348 e. The second-order valence-corrected chi connectivity index (χ2v) is 9.92. The maximum Gasteiger partial charge on any atom is 0.269 e. The van der Waals surface area contributed by atoms with Crippen LogP contribution in [0.5, 0.6) is 0 Å². The molecular formula is C22H25N3O5S. The van der Waals surface area contributed by atoms with Gasteiger partial charge in [0.25, 0.3) is 5.69 Å². The van der Waals surface area contributed by atoms with Crippen LogP contribution in [0.4, 0.5) is 5.69 Å². The van der Waals surface area contributed by atoms with E-state index in [0.717, 1.165) is 31.2 Å². The molecule has 4 rings (SSSR count). The highest BCUT2D eigenvalue weighted by Crippen LogP contribution is 2.31. The molecule has 2 unspecified atom stereocenters. The number of nitro groups is 1. The van der Waals surface area contributed by atoms with Gasteiger partial charge in [-0.25, -0.2) is 8.42 Å². The lowest BCUT2D eigenvalue weighted by Gasteiger charge is -2.35. The Kier molecular flexibility index (Phi) is 6.06. The molecule has 31 heavy (non-hydrogen) atoms. The number of hydrogen-bond acceptors (Lipinski definition) is 5. The number of carbonyl (C=O) groups is 1. The summed E-state index contributed by atoms with van der Waals surface area (Å²) in [6.45, 7) is 0.249. The molecule has 164 valence electrons. The second-order valence-electron chi connectivity index (χ2n) is 8.03. The van der Waals surface area contributed by atoms with E-state index in [9.17, 15) is 23.3 Å². The number of aryl methyl sites for hydroxylation is 1. The third kappa shape index (κ3) is 4.33. The van der Waals surface area contributed by atoms with Gasteiger partial charge in [-0.2, -0.15) is 4.31 Å². The first-order valence-corrected chi connectivity index (χ1v) is 12.0. The molecule has 0 saturated carbocycles. The summed E-state index contributed by atoms with van der Waals surface area (Å²) in [5.41, 5.74) is 2.14. The third-order valence-electron chi connectivity index (χ3n) is 6.10. The van der Waals surface area contributed by atoms with Crippen molar-refractivity contribution in [2.45, 2.75) is 55.5 Å². The second kappa shape index (κ2) is 8.76. The molecule has 1 amide bonds. The van der Waals surface area contributed by atoms with Crippen molar-refractivity contribution in [3.8, 4) is 0 Å². The molecule has 1 saturated heterocycles. The first-order chi connectivity index (χ1) is 14.9. The molecule has 1 heterocycles. The molecule has 2 aromatic rings. The Bertz CT molecular complexity index is 1080. The van der Waals surface area contributed by atoms with E-state index in [1.54, 1.807) is 0 Å². The number of carbonyl (C=O) groups excluding carboxylic acids is 1. The number of fused-ring (bicyclic) bond motifs is 1. The molecule has 2 atom stereocenters. The number of nitrogens with one attached hydrogen (secondary N) is 1. The van der Waals surface area contributed by atoms with E-state index in [1.165, 1.54) is 34.1 Å². The number of non-ortho nitro benzene ring substituents is 1. The number of piperidine rings is 1. The summed E-state index contributed by atoms with van der Waals surface area (Å²) in [5.74, 6) is -0.285. The lowest BCUT2D eigenvalue weighted by atomic mass is 9.87. The van der Waals surface area contributed by atoms with E-state index in [2.05, 4.69) is 11.4 Å². The molecule has 9 heteroatoms. The van der Waals surface area contributed by atoms with Crippen LogP contribution in [0.1, 0.15) is 49.3 Å². The Hall–Kier alpha value is -2.78. The minimum atomic E-state index is -3.95. The summed E-state index contributed by atoms with van der Waals surface area (Å²) in [4.78, 5) is 23.5. The molecule has 0 bridgehead atoms. The van der Waals surface area contributed by atoms with Gasteiger partial charge in [-0.05, 0) is 55.4 Å². The SMILES string of the molecule is O=C(NC1CCCc2ccccc21)C1CCCCN1S(=O)(=O)c1ccc([N+](=O)[O-])cc1. The average molecular weight is 444 g/mol. The molecule has 0 aromatic heterocycles. The van der Waals surface area contributed by atoms with Crippen molar-refractivity contribution < 1.29 is 18.1 Å². The summed E-state index contributed by atoms with van der Waals surface area (Å²) in [7, 11) is -3.95. The first-order valence-electron chi connectivity index (χ1n) is 10.5. The number of sulfonamides is 1. The molecule has 1 aliphatic heterocycles. The van der Waals surface area contributed by atoms with Gasteiger partial charge in [0.15, 0.2) is 0 Å². The van der Waals surface area contributed by atoms with E-state index < -0.39 is 21.0 Å². The van der Waals surface area contributed by atoms with Crippen molar-refractivity contribution in [2.24, 2.45) is 0 Å². The molecule has 8 nitrogen and oxygen atoms in total. The van der Waals surface area contributed by atoms with E-state index >= 15 is 0 Å². The molecule has 1 aliphatic carbocycles. The van der Waals surface area contributed by atoms with Crippen molar-refractivity contribution in [1.82, 2.24) is 9.62 Å². The number of nitro benzene ring substituents is 1. The Labute approximate surface area is 181 Å². The average Bonchev–Trinajstić information content (AvgIpc) is 2.79. The smallest absolute Gasteiger partial charge is 0.269 e. The zero-order valence-electron chi connectivity index (χ0n) is 17.1. The number of amides is 1. The zero-order valence-corrected chi connectivity index (χ0v) is 17.9. The highest BCUT2D eigenvalue weighted by Gasteiger charge is 2.38. The van der Waals surface area contributed by atoms with E-state index in [1.807, 2.05) is 18.2 Å². The van der Waals surface area contributed by atoms with Crippen molar-refractivity contribution in [3.05, 3.63) is 69.8 Å². The van der Waals surface area contributed by atoms with Crippen molar-refractivity contribution >= 4 is 21.6 Å². The topological polar surface area (TPSA) is 110 Å². The standard InChI is InChI=1S/C22H25N3O5S/c26-22(23-20-9-5-7-16-6-1-2-8-19(16)20)21-10-3-4-15-24(21)31(29,30)18-13-11-17(12-14-18)25(27)28/h1-2,6,8,11-14,20-21H,3-5,7,9-10,15H2,(H,23,26). The van der Waals surface area contributed by atoms with Crippen LogP contribution in [0.15, 0.2) is 53.4 Å². The number of rotatable bonds is 5. The predicted octanol–water partition coefficient (Wildman–Crippen LogP) is 3.33. The summed E-state index contributed by atoms with van der Waals surface area (Å²) in [6.07, 6.45) is 4.66. The van der Waals surface area contributed by atoms with Gasteiger partial charge in [0, 0.05) is 18.7 Å². The lowest BCUT2D eigenvalue weighted by molar-refractivity contribution is -0.384. The van der Waals surface area contributed by atoms with Crippen molar-refractivity contribution in [2.75, 3.05) is 6.54 Å². The van der Waals surface area contributed by atoms with Crippen LogP contribution in [0.25, 0.3) is 0 Å². The van der Waals surface area contributed by atoms with Gasteiger partial charge in [0.1, 0.15) is 6.04 Å². The van der Waals surface area contributed by atoms with E-state index in [4.69, 9.17) is 0 Å². The van der Waals surface area contributed by atoms with Crippen LogP contribution in [-0.4, -0.2) is 36.1 Å². The zero-order chi connectivity index (χ0) is 22.0. The summed E-state index contributed by atoms with van der Waals surface area (Å²) < 4.78 is 27.8. The molecule has 1 fully saturated rings. The normalized spacial score (nSPS) is 21.8. The molecule has 0 radical (unpaired) electrons. The summed E-state index contributed by atoms with van der Waals surface area (Å²) in [5, 5.41) is 14.0. The van der Waals surface area contributed by atoms with Crippen LogP contribution < -0.4 is 5.32 Å². The van der Waals surface area contributed by atoms with Gasteiger partial charge in [-0.15, -0.1) is 0 Å². The lowest BCUT2D eigenvalue weighted by Crippen LogP contribution is -2.52. The first kappa shape index (κ1) is 21.5. The van der Waals surface area contributed by atoms with Crippen LogP contribution in [0.2, 0.25) is 0 Å². The fourth-order valence-corrected chi connectivity index (χ4v) is 6.16. The fourth-order valence-electron chi connectivity index (χ4n) is 4.50. The summed E-state index contributed by atoms with van der Waals surface area (Å²) >= 11 is 0. The summed E-state index contributed by atoms with van der Waals surface area (Å²) in [6, 6.07) is 11.9. The van der Waals surface area contributed by atoms with Gasteiger partial charge in [0.2, 0.25) is 15.9 Å². The van der Waals surface area contributed by atoms with Crippen molar-refractivity contribution in [3.63, 3.8) is 0 Å². The Morgan fingerprint density at radius 1 is 1.03 bits per heavy atom.